The predicted molar refractivity (Wildman–Crippen MR) is 105 cm³/mol. The number of hydrogen-bond donors (Lipinski definition) is 1. The van der Waals surface area contributed by atoms with Crippen molar-refractivity contribution in [3.05, 3.63) is 52.1 Å². The van der Waals surface area contributed by atoms with Gasteiger partial charge in [0.05, 0.1) is 36.9 Å². The minimum Gasteiger partial charge on any atom is -0.496 e. The van der Waals surface area contributed by atoms with Crippen LogP contribution in [0.25, 0.3) is 0 Å². The Labute approximate surface area is 165 Å². The van der Waals surface area contributed by atoms with Crippen molar-refractivity contribution >= 4 is 5.97 Å². The van der Waals surface area contributed by atoms with E-state index >= 15 is 0 Å². The molecular formula is C22H27FN2O3. The van der Waals surface area contributed by atoms with Gasteiger partial charge in [-0.15, -0.1) is 0 Å². The number of benzene rings is 1. The van der Waals surface area contributed by atoms with Crippen molar-refractivity contribution in [3.63, 3.8) is 0 Å². The summed E-state index contributed by atoms with van der Waals surface area (Å²) >= 11 is 0. The number of carbonyl (C=O) groups excluding carboxylic acids is 1. The fourth-order valence-electron chi connectivity index (χ4n) is 3.17. The van der Waals surface area contributed by atoms with Gasteiger partial charge in [0.25, 0.3) is 0 Å². The number of nitrogens with one attached hydrogen (secondary N) is 1. The lowest BCUT2D eigenvalue weighted by molar-refractivity contribution is -0.140. The molecule has 0 spiro atoms. The number of nitriles is 1. The molecule has 1 aliphatic rings. The molecule has 1 unspecified atom stereocenters. The van der Waals surface area contributed by atoms with E-state index < -0.39 is 17.7 Å². The lowest BCUT2D eigenvalue weighted by Gasteiger charge is -2.29. The third-order valence-electron chi connectivity index (χ3n) is 4.69. The van der Waals surface area contributed by atoms with Crippen molar-refractivity contribution in [2.24, 2.45) is 5.41 Å². The first-order chi connectivity index (χ1) is 13.1. The van der Waals surface area contributed by atoms with Gasteiger partial charge in [0, 0.05) is 23.0 Å². The number of nitrogens with zero attached hydrogens (tertiary/aromatic N) is 1. The van der Waals surface area contributed by atoms with Crippen molar-refractivity contribution in [1.29, 1.82) is 5.26 Å². The maximum absolute atomic E-state index is 13.7. The first-order valence-electron chi connectivity index (χ1n) is 9.18. The number of methoxy groups -OCH3 is 1. The van der Waals surface area contributed by atoms with Gasteiger partial charge in [-0.2, -0.15) is 5.26 Å². The van der Waals surface area contributed by atoms with Gasteiger partial charge in [-0.25, -0.2) is 9.18 Å². The molecule has 0 saturated heterocycles. The van der Waals surface area contributed by atoms with Crippen molar-refractivity contribution < 1.29 is 18.7 Å². The number of halogens is 1. The topological polar surface area (TPSA) is 71.3 Å². The monoisotopic (exact) mass is 386 g/mol. The molecule has 1 heterocycles. The number of rotatable bonds is 5. The summed E-state index contributed by atoms with van der Waals surface area (Å²) in [5, 5.41) is 12.8. The zero-order valence-corrected chi connectivity index (χ0v) is 17.3. The van der Waals surface area contributed by atoms with Gasteiger partial charge in [-0.3, -0.25) is 0 Å². The fourth-order valence-corrected chi connectivity index (χ4v) is 3.17. The first-order valence-corrected chi connectivity index (χ1v) is 9.18. The summed E-state index contributed by atoms with van der Waals surface area (Å²) < 4.78 is 24.5. The Morgan fingerprint density at radius 3 is 2.54 bits per heavy atom. The molecule has 0 aliphatic carbocycles. The van der Waals surface area contributed by atoms with E-state index in [1.165, 1.54) is 19.2 Å². The minimum absolute atomic E-state index is 0.0302. The highest BCUT2D eigenvalue weighted by molar-refractivity contribution is 5.93. The van der Waals surface area contributed by atoms with Crippen LogP contribution in [0.3, 0.4) is 0 Å². The number of allylic oxidation sites excluding steroid dienone is 3. The average Bonchev–Trinajstić information content (AvgIpc) is 2.59. The van der Waals surface area contributed by atoms with Crippen LogP contribution < -0.4 is 10.1 Å². The van der Waals surface area contributed by atoms with Crippen LogP contribution in [0.4, 0.5) is 4.39 Å². The van der Waals surface area contributed by atoms with Gasteiger partial charge in [-0.1, -0.05) is 26.8 Å². The van der Waals surface area contributed by atoms with Crippen molar-refractivity contribution in [2.75, 3.05) is 13.7 Å². The van der Waals surface area contributed by atoms with Crippen molar-refractivity contribution in [2.45, 2.75) is 47.0 Å². The lowest BCUT2D eigenvalue weighted by Crippen LogP contribution is -2.29. The molecule has 1 aromatic carbocycles. The maximum Gasteiger partial charge on any atom is 0.336 e. The Kier molecular flexibility index (Phi) is 6.50. The summed E-state index contributed by atoms with van der Waals surface area (Å²) in [6.07, 6.45) is 0.711. The van der Waals surface area contributed by atoms with Crippen LogP contribution in [0.15, 0.2) is 40.7 Å². The molecule has 2 rings (SSSR count). The van der Waals surface area contributed by atoms with E-state index in [0.717, 1.165) is 0 Å². The first kappa shape index (κ1) is 21.5. The van der Waals surface area contributed by atoms with Crippen LogP contribution in [0.2, 0.25) is 0 Å². The lowest BCUT2D eigenvalue weighted by atomic mass is 9.80. The van der Waals surface area contributed by atoms with Gasteiger partial charge < -0.3 is 14.8 Å². The average molecular weight is 386 g/mol. The number of esters is 1. The third kappa shape index (κ3) is 4.72. The van der Waals surface area contributed by atoms with Gasteiger partial charge >= 0.3 is 5.97 Å². The zero-order chi connectivity index (χ0) is 21.1. The SMILES string of the molecule is COc1cc(F)ccc1C1C(C#N)=C(C)NC(C)=C1C(=O)OCCC(C)(C)C. The van der Waals surface area contributed by atoms with Crippen LogP contribution in [0.1, 0.15) is 52.5 Å². The Hall–Kier alpha value is -2.81. The molecule has 150 valence electrons. The van der Waals surface area contributed by atoms with Crippen molar-refractivity contribution in [1.82, 2.24) is 5.32 Å². The van der Waals surface area contributed by atoms with E-state index in [1.807, 2.05) is 0 Å². The van der Waals surface area contributed by atoms with Gasteiger partial charge in [0.1, 0.15) is 11.6 Å². The second kappa shape index (κ2) is 8.47. The molecule has 1 aromatic rings. The summed E-state index contributed by atoms with van der Waals surface area (Å²) in [5.74, 6) is -1.36. The molecule has 1 aliphatic heterocycles. The maximum atomic E-state index is 13.7. The number of dihydropyridines is 1. The Balaban J connectivity index is 2.49. The van der Waals surface area contributed by atoms with Crippen LogP contribution >= 0.6 is 0 Å². The van der Waals surface area contributed by atoms with Gasteiger partial charge in [-0.05, 0) is 31.7 Å². The Bertz CT molecular complexity index is 873. The standard InChI is InChI=1S/C22H27FN2O3/c1-13-17(12-24)20(16-8-7-15(23)11-18(16)27-6)19(14(2)25-13)21(26)28-10-9-22(3,4)5/h7-8,11,20,25H,9-10H2,1-6H3. The summed E-state index contributed by atoms with van der Waals surface area (Å²) in [4.78, 5) is 12.9. The molecule has 0 radical (unpaired) electrons. The molecule has 0 bridgehead atoms. The highest BCUT2D eigenvalue weighted by Crippen LogP contribution is 2.42. The van der Waals surface area contributed by atoms with E-state index in [9.17, 15) is 14.4 Å². The quantitative estimate of drug-likeness (QED) is 0.751. The highest BCUT2D eigenvalue weighted by Gasteiger charge is 2.36. The fraction of sp³-hybridized carbons (Fsp3) is 0.455. The number of hydrogen-bond acceptors (Lipinski definition) is 5. The van der Waals surface area contributed by atoms with E-state index in [2.05, 4.69) is 32.2 Å². The molecule has 0 aromatic heterocycles. The van der Waals surface area contributed by atoms with Crippen LogP contribution in [-0.2, 0) is 9.53 Å². The van der Waals surface area contributed by atoms with Crippen molar-refractivity contribution in [3.8, 4) is 11.8 Å². The van der Waals surface area contributed by atoms with Gasteiger partial charge in [0.2, 0.25) is 0 Å². The van der Waals surface area contributed by atoms with Crippen LogP contribution in [0.5, 0.6) is 5.75 Å². The molecule has 1 atom stereocenters. The number of ether oxygens (including phenoxy) is 2. The second-order valence-corrected chi connectivity index (χ2v) is 8.08. The predicted octanol–water partition coefficient (Wildman–Crippen LogP) is 4.57. The summed E-state index contributed by atoms with van der Waals surface area (Å²) in [7, 11) is 1.43. The summed E-state index contributed by atoms with van der Waals surface area (Å²) in [5.41, 5.74) is 2.53. The van der Waals surface area contributed by atoms with E-state index in [0.29, 0.717) is 34.5 Å². The molecule has 5 nitrogen and oxygen atoms in total. The molecule has 0 saturated carbocycles. The number of carbonyl (C=O) groups is 1. The zero-order valence-electron chi connectivity index (χ0n) is 17.3. The highest BCUT2D eigenvalue weighted by atomic mass is 19.1. The van der Waals surface area contributed by atoms with E-state index in [-0.39, 0.29) is 17.8 Å². The largest absolute Gasteiger partial charge is 0.496 e. The normalized spacial score (nSPS) is 17.1. The minimum atomic E-state index is -0.691. The van der Waals surface area contributed by atoms with E-state index in [4.69, 9.17) is 9.47 Å². The second-order valence-electron chi connectivity index (χ2n) is 8.08. The molecule has 1 N–H and O–H groups in total. The summed E-state index contributed by atoms with van der Waals surface area (Å²) in [6, 6.07) is 6.27. The smallest absolute Gasteiger partial charge is 0.336 e. The summed E-state index contributed by atoms with van der Waals surface area (Å²) in [6.45, 7) is 10.0. The molecule has 28 heavy (non-hydrogen) atoms. The third-order valence-corrected chi connectivity index (χ3v) is 4.69. The Morgan fingerprint density at radius 2 is 1.96 bits per heavy atom. The van der Waals surface area contributed by atoms with E-state index in [1.54, 1.807) is 19.9 Å². The van der Waals surface area contributed by atoms with Crippen LogP contribution in [-0.4, -0.2) is 19.7 Å². The van der Waals surface area contributed by atoms with Crippen LogP contribution in [0, 0.1) is 22.6 Å². The van der Waals surface area contributed by atoms with Gasteiger partial charge in [0.15, 0.2) is 0 Å². The molecule has 0 amide bonds. The molecular weight excluding hydrogens is 359 g/mol. The molecule has 0 fully saturated rings. The molecule has 6 heteroatoms. The Morgan fingerprint density at radius 1 is 1.29 bits per heavy atom.